The number of hydrogen-bond donors (Lipinski definition) is 4. The molecule has 4 N–H and O–H groups in total. The van der Waals surface area contributed by atoms with Crippen LogP contribution in [0.5, 0.6) is 0 Å². The van der Waals surface area contributed by atoms with Gasteiger partial charge in [-0.3, -0.25) is 15.6 Å². The number of aromatic nitrogens is 1. The molecule has 7 heteroatoms. The maximum absolute atomic E-state index is 12.5. The summed E-state index contributed by atoms with van der Waals surface area (Å²) in [4.78, 5) is 16.8. The van der Waals surface area contributed by atoms with Crippen molar-refractivity contribution in [3.8, 4) is 18.4 Å². The third-order valence-corrected chi connectivity index (χ3v) is 4.74. The van der Waals surface area contributed by atoms with Crippen molar-refractivity contribution in [2.75, 3.05) is 11.9 Å². The summed E-state index contributed by atoms with van der Waals surface area (Å²) >= 11 is 0. The van der Waals surface area contributed by atoms with Gasteiger partial charge in [0, 0.05) is 23.8 Å². The fourth-order valence-electron chi connectivity index (χ4n) is 2.98. The van der Waals surface area contributed by atoms with Crippen LogP contribution in [0.25, 0.3) is 10.8 Å². The van der Waals surface area contributed by atoms with Crippen LogP contribution in [0, 0.1) is 34.5 Å². The van der Waals surface area contributed by atoms with E-state index in [-0.39, 0.29) is 23.5 Å². The van der Waals surface area contributed by atoms with Crippen LogP contribution in [0.3, 0.4) is 0 Å². The Morgan fingerprint density at radius 3 is 2.73 bits per heavy atom. The fraction of sp³-hybridized carbons (Fsp3) is 0.0385. The molecular formula is C26H20N6O. The lowest BCUT2D eigenvalue weighted by molar-refractivity contribution is -0.116. The molecule has 2 aromatic rings. The molecule has 1 aliphatic rings. The van der Waals surface area contributed by atoms with E-state index >= 15 is 0 Å². The number of anilines is 1. The van der Waals surface area contributed by atoms with Crippen LogP contribution < -0.4 is 10.6 Å². The summed E-state index contributed by atoms with van der Waals surface area (Å²) in [6.45, 7) is 3.97. The van der Waals surface area contributed by atoms with Gasteiger partial charge in [0.1, 0.15) is 5.82 Å². The molecule has 1 amide bonds. The molecule has 7 nitrogen and oxygen atoms in total. The zero-order chi connectivity index (χ0) is 23.8. The molecule has 1 aromatic carbocycles. The molecule has 1 aromatic heterocycles. The number of pyridine rings is 1. The first kappa shape index (κ1) is 22.7. The summed E-state index contributed by atoms with van der Waals surface area (Å²) in [5, 5.41) is 32.0. The van der Waals surface area contributed by atoms with E-state index in [1.165, 1.54) is 18.2 Å². The van der Waals surface area contributed by atoms with Crippen molar-refractivity contribution in [3.63, 3.8) is 0 Å². The Labute approximate surface area is 191 Å². The van der Waals surface area contributed by atoms with E-state index in [0.29, 0.717) is 22.7 Å². The zero-order valence-corrected chi connectivity index (χ0v) is 17.6. The van der Waals surface area contributed by atoms with Gasteiger partial charge in [0.05, 0.1) is 28.6 Å². The molecule has 1 aliphatic carbocycles. The molecule has 0 bridgehead atoms. The molecular weight excluding hydrogens is 412 g/mol. The second kappa shape index (κ2) is 10.3. The number of carbonyl (C=O) groups excluding carboxylic acids is 1. The van der Waals surface area contributed by atoms with Crippen molar-refractivity contribution in [3.05, 3.63) is 95.9 Å². The van der Waals surface area contributed by atoms with Gasteiger partial charge in [0.15, 0.2) is 0 Å². The highest BCUT2D eigenvalue weighted by molar-refractivity contribution is 6.49. The van der Waals surface area contributed by atoms with Crippen LogP contribution in [0.1, 0.15) is 5.56 Å². The van der Waals surface area contributed by atoms with Crippen LogP contribution in [-0.4, -0.2) is 28.9 Å². The van der Waals surface area contributed by atoms with Crippen molar-refractivity contribution in [2.24, 2.45) is 0 Å². The third-order valence-electron chi connectivity index (χ3n) is 4.74. The first-order valence-corrected chi connectivity index (χ1v) is 9.86. The van der Waals surface area contributed by atoms with E-state index in [2.05, 4.69) is 34.2 Å². The first-order valence-electron chi connectivity index (χ1n) is 9.86. The highest BCUT2D eigenvalue weighted by Gasteiger charge is 2.10. The van der Waals surface area contributed by atoms with Gasteiger partial charge in [0.25, 0.3) is 5.91 Å². The normalized spacial score (nSPS) is 13.7. The van der Waals surface area contributed by atoms with Gasteiger partial charge >= 0.3 is 0 Å². The summed E-state index contributed by atoms with van der Waals surface area (Å²) < 4.78 is 0. The van der Waals surface area contributed by atoms with E-state index in [1.54, 1.807) is 36.6 Å². The third kappa shape index (κ3) is 5.57. The van der Waals surface area contributed by atoms with Crippen LogP contribution in [0.2, 0.25) is 0 Å². The summed E-state index contributed by atoms with van der Waals surface area (Å²) in [5.41, 5.74) is 2.09. The molecule has 1 heterocycles. The highest BCUT2D eigenvalue weighted by Crippen LogP contribution is 2.23. The van der Waals surface area contributed by atoms with E-state index in [4.69, 9.17) is 17.2 Å². The van der Waals surface area contributed by atoms with Crippen LogP contribution in [0.4, 0.5) is 5.82 Å². The van der Waals surface area contributed by atoms with E-state index in [1.807, 2.05) is 12.1 Å². The topological polar surface area (TPSA) is 126 Å². The number of fused-ring (bicyclic) bond motifs is 1. The standard InChI is InChI=1S/C26H20N6O/c1-3-19(26(33)31-16-18-6-10-23(28)24(29)14-18)8-9-21(4-2)32-25-22-13-17(15-27)5-7-20(22)11-12-30-25/h1,4-14,28-29H,2,16H2,(H,30,32)(H,31,33)/b19-8+,21-9+,28-23?,29-24?. The van der Waals surface area contributed by atoms with E-state index in [9.17, 15) is 10.1 Å². The average molecular weight is 432 g/mol. The van der Waals surface area contributed by atoms with Crippen LogP contribution >= 0.6 is 0 Å². The minimum absolute atomic E-state index is 0.0861. The number of hydrogen-bond acceptors (Lipinski definition) is 6. The van der Waals surface area contributed by atoms with Gasteiger partial charge in [-0.05, 0) is 59.5 Å². The van der Waals surface area contributed by atoms with Gasteiger partial charge in [-0.1, -0.05) is 24.6 Å². The second-order valence-electron chi connectivity index (χ2n) is 6.95. The van der Waals surface area contributed by atoms with Crippen molar-refractivity contribution in [1.29, 1.82) is 16.1 Å². The zero-order valence-electron chi connectivity index (χ0n) is 17.6. The van der Waals surface area contributed by atoms with Gasteiger partial charge in [-0.25, -0.2) is 4.98 Å². The average Bonchev–Trinajstić information content (AvgIpc) is 2.84. The molecule has 0 radical (unpaired) electrons. The molecule has 0 aliphatic heterocycles. The Kier molecular flexibility index (Phi) is 7.10. The van der Waals surface area contributed by atoms with Crippen LogP contribution in [0.15, 0.2) is 90.3 Å². The summed E-state index contributed by atoms with van der Waals surface area (Å²) in [6.07, 6.45) is 16.6. The maximum Gasteiger partial charge on any atom is 0.260 e. The van der Waals surface area contributed by atoms with Gasteiger partial charge in [0.2, 0.25) is 0 Å². The Morgan fingerprint density at radius 2 is 2.03 bits per heavy atom. The number of nitriles is 1. The lowest BCUT2D eigenvalue weighted by Gasteiger charge is -2.10. The molecule has 0 unspecified atom stereocenters. The minimum atomic E-state index is -0.444. The maximum atomic E-state index is 12.5. The quantitative estimate of drug-likeness (QED) is 0.230. The van der Waals surface area contributed by atoms with Gasteiger partial charge < -0.3 is 10.6 Å². The monoisotopic (exact) mass is 432 g/mol. The predicted molar refractivity (Wildman–Crippen MR) is 131 cm³/mol. The predicted octanol–water partition coefficient (Wildman–Crippen LogP) is 3.80. The van der Waals surface area contributed by atoms with Gasteiger partial charge in [-0.2, -0.15) is 5.26 Å². The summed E-state index contributed by atoms with van der Waals surface area (Å²) in [5.74, 6) is 2.47. The fourth-order valence-corrected chi connectivity index (χ4v) is 2.98. The van der Waals surface area contributed by atoms with Crippen molar-refractivity contribution >= 4 is 33.9 Å². The Bertz CT molecular complexity index is 1380. The Hall–Kier alpha value is -5.01. The number of nitrogens with zero attached hydrogens (tertiary/aromatic N) is 2. The summed E-state index contributed by atoms with van der Waals surface area (Å²) in [7, 11) is 0. The van der Waals surface area contributed by atoms with Crippen molar-refractivity contribution in [2.45, 2.75) is 0 Å². The number of allylic oxidation sites excluding steroid dienone is 5. The Balaban J connectivity index is 1.76. The largest absolute Gasteiger partial charge is 0.347 e. The lowest BCUT2D eigenvalue weighted by Crippen LogP contribution is -2.27. The Morgan fingerprint density at radius 1 is 1.21 bits per heavy atom. The second-order valence-corrected chi connectivity index (χ2v) is 6.95. The van der Waals surface area contributed by atoms with Crippen LogP contribution in [-0.2, 0) is 4.79 Å². The molecule has 0 saturated heterocycles. The molecule has 3 rings (SSSR count). The lowest BCUT2D eigenvalue weighted by atomic mass is 10.0. The number of benzene rings is 1. The number of terminal acetylenes is 1. The SMILES string of the molecule is C#C/C(=C\C=C(/C=C)Nc1nccc2ccc(C#N)cc12)C(=O)NCC1=CC(=N)C(=N)C=C1. The number of nitrogens with one attached hydrogen (secondary N) is 4. The van der Waals surface area contributed by atoms with Crippen molar-refractivity contribution in [1.82, 2.24) is 10.3 Å². The molecule has 0 saturated carbocycles. The van der Waals surface area contributed by atoms with E-state index < -0.39 is 5.91 Å². The van der Waals surface area contributed by atoms with E-state index in [0.717, 1.165) is 10.8 Å². The molecule has 0 atom stereocenters. The number of carbonyl (C=O) groups is 1. The number of amides is 1. The summed E-state index contributed by atoms with van der Waals surface area (Å²) in [6, 6.07) is 9.30. The van der Waals surface area contributed by atoms with Crippen molar-refractivity contribution < 1.29 is 4.79 Å². The highest BCUT2D eigenvalue weighted by atomic mass is 16.1. The molecule has 160 valence electrons. The smallest absolute Gasteiger partial charge is 0.260 e. The number of rotatable bonds is 7. The molecule has 0 spiro atoms. The molecule has 0 fully saturated rings. The minimum Gasteiger partial charge on any atom is -0.347 e. The molecule has 33 heavy (non-hydrogen) atoms. The van der Waals surface area contributed by atoms with Gasteiger partial charge in [-0.15, -0.1) is 6.42 Å². The first-order chi connectivity index (χ1) is 15.9.